The average molecular weight is 593 g/mol. The predicted octanol–water partition coefficient (Wildman–Crippen LogP) is 7.08. The van der Waals surface area contributed by atoms with Gasteiger partial charge in [-0.05, 0) is 77.5 Å². The van der Waals surface area contributed by atoms with E-state index in [1.165, 1.54) is 16.7 Å². The maximum Gasteiger partial charge on any atom is 0.267 e. The highest BCUT2D eigenvalue weighted by Gasteiger charge is 2.34. The normalized spacial score (nSPS) is 15.5. The van der Waals surface area contributed by atoms with E-state index in [4.69, 9.17) is 37.1 Å². The first-order chi connectivity index (χ1) is 19.5. The van der Waals surface area contributed by atoms with Gasteiger partial charge in [-0.2, -0.15) is 5.10 Å². The van der Waals surface area contributed by atoms with Gasteiger partial charge < -0.3 is 13.9 Å². The molecule has 0 N–H and O–H groups in total. The van der Waals surface area contributed by atoms with Gasteiger partial charge >= 0.3 is 0 Å². The number of methoxy groups -OCH3 is 1. The molecule has 5 rings (SSSR count). The lowest BCUT2D eigenvalue weighted by Gasteiger charge is -2.13. The highest BCUT2D eigenvalue weighted by molar-refractivity contribution is 8.18. The van der Waals surface area contributed by atoms with E-state index < -0.39 is 0 Å². The van der Waals surface area contributed by atoms with Crippen molar-refractivity contribution >= 4 is 58.3 Å². The number of benzene rings is 2. The number of carbonyl (C=O) groups excluding carboxylic acids is 1. The summed E-state index contributed by atoms with van der Waals surface area (Å²) in [5, 5.41) is 10.1. The first-order valence-electron chi connectivity index (χ1n) is 12.0. The molecule has 202 valence electrons. The Balaban J connectivity index is 1.33. The molecule has 0 radical (unpaired) electrons. The van der Waals surface area contributed by atoms with Gasteiger partial charge in [0.2, 0.25) is 0 Å². The van der Waals surface area contributed by atoms with Crippen molar-refractivity contribution in [3.05, 3.63) is 117 Å². The number of amides is 1. The second-order valence-electron chi connectivity index (χ2n) is 8.43. The predicted molar refractivity (Wildman–Crippen MR) is 158 cm³/mol. The molecule has 1 aliphatic heterocycles. The van der Waals surface area contributed by atoms with Crippen LogP contribution >= 0.6 is 35.0 Å². The summed E-state index contributed by atoms with van der Waals surface area (Å²) < 4.78 is 16.9. The molecule has 0 bridgehead atoms. The highest BCUT2D eigenvalue weighted by Crippen LogP contribution is 2.34. The minimum atomic E-state index is -0.192. The van der Waals surface area contributed by atoms with Crippen LogP contribution in [0.2, 0.25) is 10.0 Å². The fourth-order valence-corrected chi connectivity index (χ4v) is 5.11. The van der Waals surface area contributed by atoms with Crippen molar-refractivity contribution in [2.24, 2.45) is 10.2 Å². The molecule has 1 aliphatic rings. The monoisotopic (exact) mass is 592 g/mol. The quantitative estimate of drug-likeness (QED) is 0.117. The Morgan fingerprint density at radius 2 is 1.98 bits per heavy atom. The van der Waals surface area contributed by atoms with Gasteiger partial charge in [0.25, 0.3) is 5.91 Å². The van der Waals surface area contributed by atoms with E-state index in [1.807, 2.05) is 24.3 Å². The third-order valence-corrected chi connectivity index (χ3v) is 7.28. The Bertz CT molecular complexity index is 1590. The van der Waals surface area contributed by atoms with E-state index in [9.17, 15) is 4.79 Å². The van der Waals surface area contributed by atoms with Crippen LogP contribution < -0.4 is 9.47 Å². The van der Waals surface area contributed by atoms with Crippen molar-refractivity contribution in [2.45, 2.75) is 13.2 Å². The van der Waals surface area contributed by atoms with E-state index in [0.29, 0.717) is 37.4 Å². The van der Waals surface area contributed by atoms with Gasteiger partial charge in [-0.25, -0.2) is 0 Å². The minimum absolute atomic E-state index is 0.192. The number of aromatic nitrogens is 1. The van der Waals surface area contributed by atoms with E-state index in [-0.39, 0.29) is 19.1 Å². The molecule has 0 spiro atoms. The Morgan fingerprint density at radius 1 is 1.07 bits per heavy atom. The molecule has 0 unspecified atom stereocenters. The third-order valence-electron chi connectivity index (χ3n) is 5.70. The van der Waals surface area contributed by atoms with Gasteiger partial charge in [-0.1, -0.05) is 35.3 Å². The first kappa shape index (κ1) is 27.5. The molecular formula is C29H22Cl2N4O4S. The second kappa shape index (κ2) is 12.9. The second-order valence-corrected chi connectivity index (χ2v) is 10.3. The van der Waals surface area contributed by atoms with Crippen LogP contribution in [-0.4, -0.2) is 34.3 Å². The SMILES string of the molecule is COc1cc(/C=N\N=C2\S/C(=C\c3cccnc3)C(=O)N2Cc2ccco2)ccc1OCc1ccc(Cl)cc1Cl. The van der Waals surface area contributed by atoms with Crippen molar-refractivity contribution in [3.8, 4) is 11.5 Å². The number of amidine groups is 1. The molecule has 1 saturated heterocycles. The summed E-state index contributed by atoms with van der Waals surface area (Å²) in [6.45, 7) is 0.480. The molecule has 0 atom stereocenters. The van der Waals surface area contributed by atoms with Crippen LogP contribution in [0.5, 0.6) is 11.5 Å². The molecule has 0 saturated carbocycles. The molecule has 4 aromatic rings. The molecule has 3 heterocycles. The van der Waals surface area contributed by atoms with Gasteiger partial charge in [0, 0.05) is 28.0 Å². The van der Waals surface area contributed by atoms with Gasteiger partial charge in [-0.3, -0.25) is 14.7 Å². The number of rotatable bonds is 9. The van der Waals surface area contributed by atoms with Crippen LogP contribution in [0.3, 0.4) is 0 Å². The van der Waals surface area contributed by atoms with Crippen molar-refractivity contribution in [1.82, 2.24) is 9.88 Å². The number of hydrogen-bond donors (Lipinski definition) is 0. The summed E-state index contributed by atoms with van der Waals surface area (Å²) in [4.78, 5) is 19.4. The summed E-state index contributed by atoms with van der Waals surface area (Å²) in [5.41, 5.74) is 2.35. The molecule has 1 amide bonds. The van der Waals surface area contributed by atoms with Crippen LogP contribution in [0, 0.1) is 0 Å². The Labute approximate surface area is 244 Å². The number of furan rings is 1. The van der Waals surface area contributed by atoms with Gasteiger partial charge in [0.05, 0.1) is 31.0 Å². The fourth-order valence-electron chi connectivity index (χ4n) is 3.72. The largest absolute Gasteiger partial charge is 0.493 e. The molecule has 8 nitrogen and oxygen atoms in total. The Kier molecular flexibility index (Phi) is 8.85. The zero-order chi connectivity index (χ0) is 27.9. The van der Waals surface area contributed by atoms with E-state index in [1.54, 1.807) is 74.5 Å². The van der Waals surface area contributed by atoms with Gasteiger partial charge in [0.1, 0.15) is 12.4 Å². The molecule has 11 heteroatoms. The van der Waals surface area contributed by atoms with Crippen LogP contribution in [0.25, 0.3) is 6.08 Å². The zero-order valence-corrected chi connectivity index (χ0v) is 23.5. The number of ether oxygens (including phenoxy) is 2. The summed E-state index contributed by atoms with van der Waals surface area (Å²) in [6, 6.07) is 17.9. The van der Waals surface area contributed by atoms with Crippen LogP contribution in [0.1, 0.15) is 22.5 Å². The van der Waals surface area contributed by atoms with Crippen molar-refractivity contribution in [2.75, 3.05) is 7.11 Å². The summed E-state index contributed by atoms with van der Waals surface area (Å²) in [7, 11) is 1.56. The lowest BCUT2D eigenvalue weighted by molar-refractivity contribution is -0.122. The van der Waals surface area contributed by atoms with Crippen molar-refractivity contribution < 1.29 is 18.7 Å². The zero-order valence-electron chi connectivity index (χ0n) is 21.2. The first-order valence-corrected chi connectivity index (χ1v) is 13.6. The van der Waals surface area contributed by atoms with Crippen molar-refractivity contribution in [3.63, 3.8) is 0 Å². The number of thioether (sulfide) groups is 1. The number of carbonyl (C=O) groups is 1. The van der Waals surface area contributed by atoms with E-state index in [0.717, 1.165) is 16.7 Å². The summed E-state index contributed by atoms with van der Waals surface area (Å²) in [6.07, 6.45) is 8.29. The number of pyridine rings is 1. The fraction of sp³-hybridized carbons (Fsp3) is 0.103. The lowest BCUT2D eigenvalue weighted by Crippen LogP contribution is -2.28. The van der Waals surface area contributed by atoms with Crippen molar-refractivity contribution in [1.29, 1.82) is 0 Å². The minimum Gasteiger partial charge on any atom is -0.493 e. The van der Waals surface area contributed by atoms with Crippen LogP contribution in [0.15, 0.2) is 98.8 Å². The molecular weight excluding hydrogens is 571 g/mol. The molecule has 1 fully saturated rings. The Hall–Kier alpha value is -4.05. The molecule has 2 aromatic carbocycles. The van der Waals surface area contributed by atoms with Crippen LogP contribution in [-0.2, 0) is 17.9 Å². The molecule has 40 heavy (non-hydrogen) atoms. The Morgan fingerprint density at radius 3 is 2.73 bits per heavy atom. The summed E-state index contributed by atoms with van der Waals surface area (Å²) in [5.74, 6) is 1.51. The van der Waals surface area contributed by atoms with Crippen LogP contribution in [0.4, 0.5) is 0 Å². The average Bonchev–Trinajstić information content (AvgIpc) is 3.58. The standard InChI is InChI=1S/C29H22Cl2N4O4S/c1-37-26-12-20(6-9-25(26)39-18-21-7-8-22(30)14-24(21)31)16-33-34-29-35(17-23-5-3-11-38-23)28(36)27(40-29)13-19-4-2-10-32-15-19/h2-16H,17-18H2,1H3/b27-13-,33-16-,34-29+. The molecule has 0 aliphatic carbocycles. The van der Waals surface area contributed by atoms with Gasteiger partial charge in [0.15, 0.2) is 16.7 Å². The highest BCUT2D eigenvalue weighted by atomic mass is 35.5. The lowest BCUT2D eigenvalue weighted by atomic mass is 10.2. The van der Waals surface area contributed by atoms with E-state index in [2.05, 4.69) is 15.2 Å². The third kappa shape index (κ3) is 6.74. The maximum atomic E-state index is 13.2. The number of halogens is 2. The smallest absolute Gasteiger partial charge is 0.267 e. The topological polar surface area (TPSA) is 89.5 Å². The number of hydrogen-bond acceptors (Lipinski definition) is 8. The maximum absolute atomic E-state index is 13.2. The van der Waals surface area contributed by atoms with E-state index >= 15 is 0 Å². The molecule has 2 aromatic heterocycles. The number of nitrogens with zero attached hydrogens (tertiary/aromatic N) is 4. The summed E-state index contributed by atoms with van der Waals surface area (Å²) >= 11 is 13.5. The van der Waals surface area contributed by atoms with Gasteiger partial charge in [-0.15, -0.1) is 5.10 Å².